The number of rotatable bonds is 2. The van der Waals surface area contributed by atoms with E-state index in [0.717, 1.165) is 6.42 Å². The smallest absolute Gasteiger partial charge is 0.0185 e. The van der Waals surface area contributed by atoms with Crippen molar-refractivity contribution in [1.29, 1.82) is 0 Å². The second-order valence-electron chi connectivity index (χ2n) is 6.78. The van der Waals surface area contributed by atoms with E-state index in [0.29, 0.717) is 0 Å². The number of allylic oxidation sites excluding steroid dienone is 5. The Morgan fingerprint density at radius 3 is 2.15 bits per heavy atom. The van der Waals surface area contributed by atoms with Crippen molar-refractivity contribution in [2.75, 3.05) is 0 Å². The largest absolute Gasteiger partial charge is 0.0991 e. The summed E-state index contributed by atoms with van der Waals surface area (Å²) in [5.41, 5.74) is 5.89. The van der Waals surface area contributed by atoms with Crippen molar-refractivity contribution in [1.82, 2.24) is 0 Å². The summed E-state index contributed by atoms with van der Waals surface area (Å²) in [6.45, 7) is 15.3. The van der Waals surface area contributed by atoms with Gasteiger partial charge in [0.1, 0.15) is 0 Å². The first-order valence-electron chi connectivity index (χ1n) is 7.42. The Hall–Kier alpha value is -1.56. The Morgan fingerprint density at radius 1 is 1.05 bits per heavy atom. The first kappa shape index (κ1) is 14.8. The molecule has 0 spiro atoms. The van der Waals surface area contributed by atoms with Gasteiger partial charge in [0.25, 0.3) is 0 Å². The van der Waals surface area contributed by atoms with E-state index in [9.17, 15) is 0 Å². The van der Waals surface area contributed by atoms with Crippen LogP contribution in [0, 0.1) is 12.3 Å². The van der Waals surface area contributed by atoms with Crippen molar-refractivity contribution in [2.24, 2.45) is 5.41 Å². The monoisotopic (exact) mass is 266 g/mol. The molecule has 1 aromatic carbocycles. The molecule has 1 saturated carbocycles. The van der Waals surface area contributed by atoms with Crippen LogP contribution in [0.25, 0.3) is 0 Å². The Labute approximate surface area is 123 Å². The van der Waals surface area contributed by atoms with Crippen LogP contribution in [0.1, 0.15) is 45.2 Å². The predicted molar refractivity (Wildman–Crippen MR) is 89.0 cm³/mol. The van der Waals surface area contributed by atoms with Crippen LogP contribution in [0.3, 0.4) is 0 Å². The SMILES string of the molecule is C=CC=C1/C(=C\C)C(C)(C)CC1(C)c1ccc(C)cc1. The van der Waals surface area contributed by atoms with Crippen molar-refractivity contribution in [3.8, 4) is 0 Å². The van der Waals surface area contributed by atoms with Gasteiger partial charge in [0.15, 0.2) is 0 Å². The van der Waals surface area contributed by atoms with Gasteiger partial charge in [-0.25, -0.2) is 0 Å². The maximum absolute atomic E-state index is 3.91. The molecule has 2 rings (SSSR count). The molecular formula is C20H26. The molecule has 0 nitrogen and oxygen atoms in total. The third-order valence-corrected chi connectivity index (χ3v) is 4.67. The van der Waals surface area contributed by atoms with E-state index in [1.54, 1.807) is 0 Å². The lowest BCUT2D eigenvalue weighted by Gasteiger charge is -2.28. The highest BCUT2D eigenvalue weighted by molar-refractivity contribution is 5.55. The second-order valence-corrected chi connectivity index (χ2v) is 6.78. The average molecular weight is 266 g/mol. The van der Waals surface area contributed by atoms with Crippen molar-refractivity contribution in [3.05, 3.63) is 71.3 Å². The highest BCUT2D eigenvalue weighted by Gasteiger charge is 2.47. The Balaban J connectivity index is 2.62. The third-order valence-electron chi connectivity index (χ3n) is 4.67. The second kappa shape index (κ2) is 5.09. The Bertz CT molecular complexity index is 567. The van der Waals surface area contributed by atoms with E-state index in [4.69, 9.17) is 0 Å². The molecule has 1 fully saturated rings. The fraction of sp³-hybridized carbons (Fsp3) is 0.400. The minimum absolute atomic E-state index is 0.0766. The normalized spacial score (nSPS) is 29.1. The van der Waals surface area contributed by atoms with E-state index in [1.807, 2.05) is 6.08 Å². The zero-order valence-electron chi connectivity index (χ0n) is 13.5. The summed E-state index contributed by atoms with van der Waals surface area (Å²) < 4.78 is 0. The number of aryl methyl sites for hydroxylation is 1. The van der Waals surface area contributed by atoms with Gasteiger partial charge in [-0.1, -0.05) is 75.4 Å². The highest BCUT2D eigenvalue weighted by Crippen LogP contribution is 2.57. The van der Waals surface area contributed by atoms with Crippen LogP contribution in [0.2, 0.25) is 0 Å². The van der Waals surface area contributed by atoms with Crippen molar-refractivity contribution < 1.29 is 0 Å². The van der Waals surface area contributed by atoms with Crippen molar-refractivity contribution >= 4 is 0 Å². The van der Waals surface area contributed by atoms with Gasteiger partial charge in [-0.15, -0.1) is 0 Å². The minimum Gasteiger partial charge on any atom is -0.0991 e. The van der Waals surface area contributed by atoms with E-state index in [1.165, 1.54) is 22.3 Å². The molecule has 0 radical (unpaired) electrons. The van der Waals surface area contributed by atoms with Crippen LogP contribution < -0.4 is 0 Å². The molecule has 1 aliphatic rings. The molecule has 0 aromatic heterocycles. The molecule has 20 heavy (non-hydrogen) atoms. The van der Waals surface area contributed by atoms with Crippen LogP contribution in [0.5, 0.6) is 0 Å². The van der Waals surface area contributed by atoms with Crippen molar-refractivity contribution in [3.63, 3.8) is 0 Å². The standard InChI is InChI=1S/C20H26/c1-7-9-18-17(8-2)19(4,5)14-20(18,6)16-12-10-15(3)11-13-16/h7-13H,1,14H2,2-6H3/b17-8+,18-9?. The minimum atomic E-state index is 0.0766. The van der Waals surface area contributed by atoms with Crippen molar-refractivity contribution in [2.45, 2.75) is 46.5 Å². The molecule has 106 valence electrons. The quantitative estimate of drug-likeness (QED) is 0.640. The topological polar surface area (TPSA) is 0 Å². The predicted octanol–water partition coefficient (Wildman–Crippen LogP) is 5.74. The third kappa shape index (κ3) is 2.28. The Morgan fingerprint density at radius 2 is 1.65 bits per heavy atom. The Kier molecular flexibility index (Phi) is 3.77. The lowest BCUT2D eigenvalue weighted by atomic mass is 9.75. The van der Waals surface area contributed by atoms with Gasteiger partial charge in [0.2, 0.25) is 0 Å². The molecule has 1 unspecified atom stereocenters. The molecule has 0 heteroatoms. The summed E-state index contributed by atoms with van der Waals surface area (Å²) in [6, 6.07) is 8.99. The summed E-state index contributed by atoms with van der Waals surface area (Å²) in [7, 11) is 0. The first-order chi connectivity index (χ1) is 9.35. The van der Waals surface area contributed by atoms with Gasteiger partial charge in [0, 0.05) is 5.41 Å². The zero-order valence-corrected chi connectivity index (χ0v) is 13.5. The fourth-order valence-electron chi connectivity index (χ4n) is 3.85. The molecule has 0 aliphatic heterocycles. The number of hydrogen-bond donors (Lipinski definition) is 0. The molecule has 0 saturated heterocycles. The highest BCUT2D eigenvalue weighted by atomic mass is 14.5. The number of hydrogen-bond acceptors (Lipinski definition) is 0. The van der Waals surface area contributed by atoms with Gasteiger partial charge in [-0.05, 0) is 42.4 Å². The van der Waals surface area contributed by atoms with Crippen LogP contribution in [0.4, 0.5) is 0 Å². The lowest BCUT2D eigenvalue weighted by molar-refractivity contribution is 0.388. The first-order valence-corrected chi connectivity index (χ1v) is 7.42. The van der Waals surface area contributed by atoms with Gasteiger partial charge >= 0.3 is 0 Å². The van der Waals surface area contributed by atoms with Gasteiger partial charge in [-0.2, -0.15) is 0 Å². The number of benzene rings is 1. The van der Waals surface area contributed by atoms with E-state index in [2.05, 4.69) is 77.6 Å². The molecule has 0 amide bonds. The maximum atomic E-state index is 3.91. The van der Waals surface area contributed by atoms with E-state index < -0.39 is 0 Å². The summed E-state index contributed by atoms with van der Waals surface area (Å²) in [6.07, 6.45) is 7.54. The molecule has 1 aliphatic carbocycles. The molecule has 0 heterocycles. The summed E-state index contributed by atoms with van der Waals surface area (Å²) in [4.78, 5) is 0. The summed E-state index contributed by atoms with van der Waals surface area (Å²) in [5.74, 6) is 0. The van der Waals surface area contributed by atoms with Crippen LogP contribution in [-0.2, 0) is 5.41 Å². The van der Waals surface area contributed by atoms with Crippen LogP contribution in [-0.4, -0.2) is 0 Å². The van der Waals surface area contributed by atoms with E-state index >= 15 is 0 Å². The fourth-order valence-corrected chi connectivity index (χ4v) is 3.85. The molecule has 1 aromatic rings. The lowest BCUT2D eigenvalue weighted by Crippen LogP contribution is -2.21. The van der Waals surface area contributed by atoms with Gasteiger partial charge in [0.05, 0.1) is 0 Å². The maximum Gasteiger partial charge on any atom is 0.0185 e. The summed E-state index contributed by atoms with van der Waals surface area (Å²) >= 11 is 0. The molecule has 1 atom stereocenters. The van der Waals surface area contributed by atoms with Crippen LogP contribution >= 0.6 is 0 Å². The zero-order chi connectivity index (χ0) is 15.0. The summed E-state index contributed by atoms with van der Waals surface area (Å²) in [5, 5.41) is 0. The molecular weight excluding hydrogens is 240 g/mol. The molecule has 0 bridgehead atoms. The van der Waals surface area contributed by atoms with Gasteiger partial charge < -0.3 is 0 Å². The average Bonchev–Trinajstić information content (AvgIpc) is 2.57. The van der Waals surface area contributed by atoms with Crippen LogP contribution in [0.15, 0.2) is 60.2 Å². The van der Waals surface area contributed by atoms with Gasteiger partial charge in [-0.3, -0.25) is 0 Å². The molecule has 0 N–H and O–H groups in total. The van der Waals surface area contributed by atoms with E-state index in [-0.39, 0.29) is 10.8 Å².